The molecule has 126 valence electrons. The first kappa shape index (κ1) is 17.1. The number of benzene rings is 1. The van der Waals surface area contributed by atoms with Gasteiger partial charge in [-0.15, -0.1) is 0 Å². The van der Waals surface area contributed by atoms with Crippen molar-refractivity contribution < 1.29 is 28.9 Å². The highest BCUT2D eigenvalue weighted by Crippen LogP contribution is 2.29. The maximum Gasteiger partial charge on any atom is 0.341 e. The van der Waals surface area contributed by atoms with E-state index in [1.807, 2.05) is 0 Å². The van der Waals surface area contributed by atoms with Crippen LogP contribution in [0.25, 0.3) is 0 Å². The van der Waals surface area contributed by atoms with E-state index in [-0.39, 0.29) is 12.0 Å². The predicted octanol–water partition coefficient (Wildman–Crippen LogP) is 1.41. The van der Waals surface area contributed by atoms with Crippen LogP contribution < -0.4 is 9.47 Å². The average Bonchev–Trinajstić information content (AvgIpc) is 3.02. The van der Waals surface area contributed by atoms with Crippen LogP contribution >= 0.6 is 0 Å². The van der Waals surface area contributed by atoms with E-state index in [1.54, 1.807) is 37.1 Å². The fourth-order valence-electron chi connectivity index (χ4n) is 2.46. The molecule has 1 aromatic carbocycles. The van der Waals surface area contributed by atoms with Crippen molar-refractivity contribution in [1.29, 1.82) is 0 Å². The van der Waals surface area contributed by atoms with E-state index in [0.717, 1.165) is 6.42 Å². The summed E-state index contributed by atoms with van der Waals surface area (Å²) < 4.78 is 15.9. The third-order valence-electron chi connectivity index (χ3n) is 3.61. The largest absolute Gasteiger partial charge is 0.490 e. The summed E-state index contributed by atoms with van der Waals surface area (Å²) >= 11 is 0. The maximum absolute atomic E-state index is 12.5. The number of carbonyl (C=O) groups excluding carboxylic acids is 1. The van der Waals surface area contributed by atoms with E-state index in [0.29, 0.717) is 36.8 Å². The summed E-state index contributed by atoms with van der Waals surface area (Å²) in [7, 11) is 1.64. The Labute approximate surface area is 134 Å². The highest BCUT2D eigenvalue weighted by atomic mass is 16.5. The molecular formula is C16H21NO6. The number of rotatable bonds is 7. The second kappa shape index (κ2) is 7.82. The van der Waals surface area contributed by atoms with Crippen LogP contribution in [0.1, 0.15) is 23.7 Å². The fourth-order valence-corrected chi connectivity index (χ4v) is 2.46. The molecule has 0 spiro atoms. The Kier molecular flexibility index (Phi) is 5.81. The quantitative estimate of drug-likeness (QED) is 0.816. The third kappa shape index (κ3) is 4.35. The van der Waals surface area contributed by atoms with Gasteiger partial charge in [0.25, 0.3) is 5.91 Å². The van der Waals surface area contributed by atoms with Gasteiger partial charge >= 0.3 is 5.97 Å². The number of methoxy groups -OCH3 is 1. The monoisotopic (exact) mass is 323 g/mol. The molecule has 7 nitrogen and oxygen atoms in total. The lowest BCUT2D eigenvalue weighted by Gasteiger charge is -2.17. The molecule has 0 bridgehead atoms. The topological polar surface area (TPSA) is 85.3 Å². The van der Waals surface area contributed by atoms with E-state index in [4.69, 9.17) is 19.3 Å². The molecule has 1 aromatic rings. The molecule has 0 aromatic heterocycles. The molecule has 7 heteroatoms. The minimum absolute atomic E-state index is 0.0727. The Morgan fingerprint density at radius 2 is 2.09 bits per heavy atom. The minimum atomic E-state index is -1.07. The average molecular weight is 323 g/mol. The lowest BCUT2D eigenvalue weighted by atomic mass is 10.1. The van der Waals surface area contributed by atoms with Gasteiger partial charge < -0.3 is 24.2 Å². The SMILES string of the molecule is CCOc1cc(C(=O)N2CC[C@H](OC)C2)ccc1OCC(=O)O. The number of carboxylic acids is 1. The Balaban J connectivity index is 2.14. The normalized spacial score (nSPS) is 17.1. The molecule has 1 heterocycles. The van der Waals surface area contributed by atoms with Crippen molar-refractivity contribution in [3.63, 3.8) is 0 Å². The summed E-state index contributed by atoms with van der Waals surface area (Å²) in [4.78, 5) is 24.9. The van der Waals surface area contributed by atoms with Gasteiger partial charge in [-0.3, -0.25) is 4.79 Å². The van der Waals surface area contributed by atoms with Crippen molar-refractivity contribution >= 4 is 11.9 Å². The zero-order valence-corrected chi connectivity index (χ0v) is 13.3. The van der Waals surface area contributed by atoms with Gasteiger partial charge in [0.2, 0.25) is 0 Å². The molecule has 1 atom stereocenters. The van der Waals surface area contributed by atoms with E-state index >= 15 is 0 Å². The van der Waals surface area contributed by atoms with Crippen LogP contribution in [0.5, 0.6) is 11.5 Å². The van der Waals surface area contributed by atoms with Gasteiger partial charge in [-0.2, -0.15) is 0 Å². The number of hydrogen-bond donors (Lipinski definition) is 1. The van der Waals surface area contributed by atoms with Crippen LogP contribution in [0.15, 0.2) is 18.2 Å². The second-order valence-electron chi connectivity index (χ2n) is 5.17. The Morgan fingerprint density at radius 1 is 1.30 bits per heavy atom. The number of carboxylic acid groups (broad SMARTS) is 1. The van der Waals surface area contributed by atoms with Crippen LogP contribution in [0.3, 0.4) is 0 Å². The molecule has 0 unspecified atom stereocenters. The van der Waals surface area contributed by atoms with Crippen molar-refractivity contribution in [1.82, 2.24) is 4.90 Å². The molecule has 0 aliphatic carbocycles. The molecule has 1 saturated heterocycles. The predicted molar refractivity (Wildman–Crippen MR) is 82.1 cm³/mol. The Bertz CT molecular complexity index is 574. The highest BCUT2D eigenvalue weighted by Gasteiger charge is 2.27. The summed E-state index contributed by atoms with van der Waals surface area (Å²) in [6.07, 6.45) is 0.892. The van der Waals surface area contributed by atoms with Crippen LogP contribution in [0, 0.1) is 0 Å². The number of likely N-dealkylation sites (tertiary alicyclic amines) is 1. The first-order chi connectivity index (χ1) is 11.0. The second-order valence-corrected chi connectivity index (χ2v) is 5.17. The summed E-state index contributed by atoms with van der Waals surface area (Å²) in [5.74, 6) is -0.505. The van der Waals surface area contributed by atoms with Gasteiger partial charge in [0.15, 0.2) is 18.1 Å². The Hall–Kier alpha value is -2.28. The number of hydrogen-bond acceptors (Lipinski definition) is 5. The fraction of sp³-hybridized carbons (Fsp3) is 0.500. The summed E-state index contributed by atoms with van der Waals surface area (Å²) in [6.45, 7) is 2.94. The molecule has 1 amide bonds. The molecule has 1 fully saturated rings. The van der Waals surface area contributed by atoms with Gasteiger partial charge in [-0.25, -0.2) is 4.79 Å². The van der Waals surface area contributed by atoms with E-state index < -0.39 is 12.6 Å². The van der Waals surface area contributed by atoms with Crippen LogP contribution in [-0.4, -0.2) is 61.4 Å². The number of nitrogens with zero attached hydrogens (tertiary/aromatic N) is 1. The highest BCUT2D eigenvalue weighted by molar-refractivity contribution is 5.95. The van der Waals surface area contributed by atoms with E-state index in [1.165, 1.54) is 0 Å². The van der Waals surface area contributed by atoms with Crippen LogP contribution in [0.4, 0.5) is 0 Å². The molecule has 1 aliphatic heterocycles. The summed E-state index contributed by atoms with van der Waals surface area (Å²) in [5, 5.41) is 8.69. The van der Waals surface area contributed by atoms with Gasteiger partial charge in [0.05, 0.1) is 12.7 Å². The van der Waals surface area contributed by atoms with E-state index in [9.17, 15) is 9.59 Å². The molecule has 0 radical (unpaired) electrons. The molecule has 1 N–H and O–H groups in total. The lowest BCUT2D eigenvalue weighted by molar-refractivity contribution is -0.139. The molecular weight excluding hydrogens is 302 g/mol. The number of ether oxygens (including phenoxy) is 3. The number of amides is 1. The molecule has 1 aliphatic rings. The Morgan fingerprint density at radius 3 is 2.70 bits per heavy atom. The van der Waals surface area contributed by atoms with Gasteiger partial charge in [-0.1, -0.05) is 0 Å². The minimum Gasteiger partial charge on any atom is -0.490 e. The zero-order chi connectivity index (χ0) is 16.8. The van der Waals surface area contributed by atoms with Gasteiger partial charge in [0.1, 0.15) is 0 Å². The smallest absolute Gasteiger partial charge is 0.341 e. The zero-order valence-electron chi connectivity index (χ0n) is 13.3. The van der Waals surface area contributed by atoms with Crippen molar-refractivity contribution in [3.8, 4) is 11.5 Å². The van der Waals surface area contributed by atoms with Crippen molar-refractivity contribution in [3.05, 3.63) is 23.8 Å². The summed E-state index contributed by atoms with van der Waals surface area (Å²) in [6, 6.07) is 4.76. The lowest BCUT2D eigenvalue weighted by Crippen LogP contribution is -2.30. The first-order valence-corrected chi connectivity index (χ1v) is 7.48. The standard InChI is InChI=1S/C16H21NO6/c1-3-22-14-8-11(4-5-13(14)23-10-15(18)19)16(20)17-7-6-12(9-17)21-2/h4-5,8,12H,3,6-7,9-10H2,1-2H3,(H,18,19)/t12-/m0/s1. The summed E-state index contributed by atoms with van der Waals surface area (Å²) in [5.41, 5.74) is 0.480. The van der Waals surface area contributed by atoms with Crippen molar-refractivity contribution in [2.75, 3.05) is 33.4 Å². The number of aliphatic carboxylic acids is 1. The van der Waals surface area contributed by atoms with E-state index in [2.05, 4.69) is 0 Å². The van der Waals surface area contributed by atoms with Gasteiger partial charge in [-0.05, 0) is 31.5 Å². The maximum atomic E-state index is 12.5. The van der Waals surface area contributed by atoms with Crippen LogP contribution in [-0.2, 0) is 9.53 Å². The van der Waals surface area contributed by atoms with Crippen molar-refractivity contribution in [2.45, 2.75) is 19.4 Å². The molecule has 2 rings (SSSR count). The molecule has 23 heavy (non-hydrogen) atoms. The number of carbonyl (C=O) groups is 2. The third-order valence-corrected chi connectivity index (χ3v) is 3.61. The molecule has 0 saturated carbocycles. The van der Waals surface area contributed by atoms with Crippen LogP contribution in [0.2, 0.25) is 0 Å². The van der Waals surface area contributed by atoms with Crippen molar-refractivity contribution in [2.24, 2.45) is 0 Å². The first-order valence-electron chi connectivity index (χ1n) is 7.48. The van der Waals surface area contributed by atoms with Gasteiger partial charge in [0, 0.05) is 25.8 Å².